The predicted molar refractivity (Wildman–Crippen MR) is 60.4 cm³/mol. The molecular formula is C10H13F4NO3S. The molecule has 1 saturated heterocycles. The molecule has 1 heterocycles. The second-order valence-electron chi connectivity index (χ2n) is 3.76. The number of halogens is 4. The first kappa shape index (κ1) is 16.1. The van der Waals surface area contributed by atoms with Crippen molar-refractivity contribution in [1.29, 1.82) is 0 Å². The maximum Gasteiger partial charge on any atom is 0.383 e. The topological polar surface area (TPSA) is 46.6 Å². The first-order valence-corrected chi connectivity index (χ1v) is 6.69. The van der Waals surface area contributed by atoms with Gasteiger partial charge in [-0.05, 0) is 6.92 Å². The summed E-state index contributed by atoms with van der Waals surface area (Å²) in [5.74, 6) is -7.30. The number of ether oxygens (including phenoxy) is 1. The van der Waals surface area contributed by atoms with Crippen LogP contribution in [0.25, 0.3) is 0 Å². The van der Waals surface area contributed by atoms with Crippen LogP contribution in [0.1, 0.15) is 6.92 Å². The number of alkyl halides is 4. The van der Waals surface area contributed by atoms with Gasteiger partial charge in [-0.1, -0.05) is 0 Å². The molecule has 0 saturated carbocycles. The first-order chi connectivity index (χ1) is 8.82. The molecular weight excluding hydrogens is 290 g/mol. The second kappa shape index (κ2) is 6.44. The Morgan fingerprint density at radius 1 is 1.47 bits per heavy atom. The van der Waals surface area contributed by atoms with Crippen molar-refractivity contribution in [2.75, 3.05) is 24.7 Å². The Bertz CT molecular complexity index is 354. The first-order valence-electron chi connectivity index (χ1n) is 5.53. The Labute approximate surface area is 111 Å². The monoisotopic (exact) mass is 303 g/mol. The van der Waals surface area contributed by atoms with Gasteiger partial charge in [-0.15, -0.1) is 0 Å². The summed E-state index contributed by atoms with van der Waals surface area (Å²) in [6, 6.07) is -1.24. The quantitative estimate of drug-likeness (QED) is 0.582. The van der Waals surface area contributed by atoms with Crippen molar-refractivity contribution < 1.29 is 31.9 Å². The van der Waals surface area contributed by atoms with E-state index in [1.165, 1.54) is 18.7 Å². The number of esters is 1. The summed E-state index contributed by atoms with van der Waals surface area (Å²) < 4.78 is 55.1. The van der Waals surface area contributed by atoms with Crippen LogP contribution in [0.4, 0.5) is 17.6 Å². The highest BCUT2D eigenvalue weighted by atomic mass is 32.2. The summed E-state index contributed by atoms with van der Waals surface area (Å²) in [5.41, 5.74) is 0. The number of hydrogen-bond acceptors (Lipinski definition) is 4. The number of hydrogen-bond donors (Lipinski definition) is 0. The van der Waals surface area contributed by atoms with E-state index in [-0.39, 0.29) is 18.9 Å². The van der Waals surface area contributed by atoms with E-state index in [0.717, 1.165) is 0 Å². The van der Waals surface area contributed by atoms with E-state index >= 15 is 0 Å². The fourth-order valence-corrected chi connectivity index (χ4v) is 2.60. The molecule has 4 nitrogen and oxygen atoms in total. The molecule has 19 heavy (non-hydrogen) atoms. The van der Waals surface area contributed by atoms with Gasteiger partial charge >= 0.3 is 18.3 Å². The molecule has 0 radical (unpaired) electrons. The Morgan fingerprint density at radius 3 is 2.63 bits per heavy atom. The largest absolute Gasteiger partial charge is 0.464 e. The van der Waals surface area contributed by atoms with Gasteiger partial charge in [0, 0.05) is 18.1 Å². The average molecular weight is 303 g/mol. The lowest BCUT2D eigenvalue weighted by Gasteiger charge is -2.35. The highest BCUT2D eigenvalue weighted by Crippen LogP contribution is 2.29. The number of thioether (sulfide) groups is 1. The maximum absolute atomic E-state index is 13.0. The van der Waals surface area contributed by atoms with E-state index in [0.29, 0.717) is 10.7 Å². The van der Waals surface area contributed by atoms with Crippen molar-refractivity contribution in [2.45, 2.75) is 25.3 Å². The molecule has 1 atom stereocenters. The number of nitrogens with zero attached hydrogens (tertiary/aromatic N) is 1. The van der Waals surface area contributed by atoms with Gasteiger partial charge in [0.2, 0.25) is 0 Å². The number of carbonyl (C=O) groups excluding carboxylic acids is 2. The molecule has 0 aromatic carbocycles. The molecule has 0 N–H and O–H groups in total. The molecule has 1 rings (SSSR count). The number of amides is 1. The molecule has 0 aliphatic carbocycles. The zero-order valence-electron chi connectivity index (χ0n) is 10.1. The summed E-state index contributed by atoms with van der Waals surface area (Å²) >= 11 is 1.27. The second-order valence-corrected chi connectivity index (χ2v) is 4.91. The minimum Gasteiger partial charge on any atom is -0.464 e. The predicted octanol–water partition coefficient (Wildman–Crippen LogP) is 1.39. The fraction of sp³-hybridized carbons (Fsp3) is 0.800. The lowest BCUT2D eigenvalue weighted by atomic mass is 10.2. The van der Waals surface area contributed by atoms with E-state index in [2.05, 4.69) is 4.74 Å². The Kier molecular flexibility index (Phi) is 5.45. The zero-order chi connectivity index (χ0) is 14.6. The van der Waals surface area contributed by atoms with E-state index in [1.807, 2.05) is 0 Å². The van der Waals surface area contributed by atoms with Crippen molar-refractivity contribution >= 4 is 23.6 Å². The molecule has 1 aliphatic rings. The van der Waals surface area contributed by atoms with E-state index in [4.69, 9.17) is 0 Å². The lowest BCUT2D eigenvalue weighted by Crippen LogP contribution is -2.57. The van der Waals surface area contributed by atoms with Gasteiger partial charge in [0.25, 0.3) is 5.91 Å². The molecule has 1 aliphatic heterocycles. The summed E-state index contributed by atoms with van der Waals surface area (Å²) in [4.78, 5) is 23.5. The fourth-order valence-electron chi connectivity index (χ4n) is 1.57. The van der Waals surface area contributed by atoms with Crippen molar-refractivity contribution in [3.8, 4) is 0 Å². The third kappa shape index (κ3) is 3.52. The third-order valence-corrected chi connectivity index (χ3v) is 3.53. The van der Waals surface area contributed by atoms with Gasteiger partial charge in [-0.3, -0.25) is 4.79 Å². The summed E-state index contributed by atoms with van der Waals surface area (Å²) in [6.45, 7) is 1.36. The van der Waals surface area contributed by atoms with Crippen LogP contribution in [0, 0.1) is 0 Å². The zero-order valence-corrected chi connectivity index (χ0v) is 10.9. The van der Waals surface area contributed by atoms with Gasteiger partial charge in [0.1, 0.15) is 6.04 Å². The van der Waals surface area contributed by atoms with E-state index in [9.17, 15) is 27.2 Å². The Balaban J connectivity index is 2.88. The molecule has 1 fully saturated rings. The molecule has 0 aromatic rings. The van der Waals surface area contributed by atoms with Gasteiger partial charge < -0.3 is 9.64 Å². The molecule has 0 spiro atoms. The van der Waals surface area contributed by atoms with Crippen LogP contribution in [0.5, 0.6) is 0 Å². The summed E-state index contributed by atoms with van der Waals surface area (Å²) in [5, 5.41) is 0. The Hall–Kier alpha value is -0.990. The van der Waals surface area contributed by atoms with Crippen LogP contribution >= 0.6 is 11.8 Å². The van der Waals surface area contributed by atoms with E-state index < -0.39 is 30.3 Å². The molecule has 1 unspecified atom stereocenters. The number of carbonyl (C=O) groups is 2. The van der Waals surface area contributed by atoms with Gasteiger partial charge in [-0.25, -0.2) is 13.6 Å². The van der Waals surface area contributed by atoms with Gasteiger partial charge in [-0.2, -0.15) is 20.5 Å². The van der Waals surface area contributed by atoms with Crippen LogP contribution < -0.4 is 0 Å². The minimum atomic E-state index is -4.78. The smallest absolute Gasteiger partial charge is 0.383 e. The molecule has 0 aromatic heterocycles. The van der Waals surface area contributed by atoms with Gasteiger partial charge in [0.15, 0.2) is 0 Å². The van der Waals surface area contributed by atoms with Crippen LogP contribution in [-0.2, 0) is 14.3 Å². The van der Waals surface area contributed by atoms with E-state index in [1.54, 1.807) is 0 Å². The summed E-state index contributed by atoms with van der Waals surface area (Å²) in [7, 11) is 0. The van der Waals surface area contributed by atoms with Crippen LogP contribution in [0.15, 0.2) is 0 Å². The number of rotatable bonds is 4. The maximum atomic E-state index is 13.0. The van der Waals surface area contributed by atoms with Crippen molar-refractivity contribution in [3.63, 3.8) is 0 Å². The highest BCUT2D eigenvalue weighted by Gasteiger charge is 2.53. The average Bonchev–Trinajstić information content (AvgIpc) is 2.37. The van der Waals surface area contributed by atoms with Crippen molar-refractivity contribution in [1.82, 2.24) is 4.90 Å². The normalized spacial score (nSPS) is 20.5. The summed E-state index contributed by atoms with van der Waals surface area (Å²) in [6.07, 6.45) is -4.10. The van der Waals surface area contributed by atoms with Crippen molar-refractivity contribution in [2.24, 2.45) is 0 Å². The highest BCUT2D eigenvalue weighted by molar-refractivity contribution is 7.99. The molecule has 110 valence electrons. The van der Waals surface area contributed by atoms with Gasteiger partial charge in [0.05, 0.1) is 6.61 Å². The van der Waals surface area contributed by atoms with Crippen LogP contribution in [-0.4, -0.2) is 59.8 Å². The minimum absolute atomic E-state index is 0.0211. The van der Waals surface area contributed by atoms with Crippen LogP contribution in [0.2, 0.25) is 0 Å². The molecule has 9 heteroatoms. The standard InChI is InChI=1S/C10H13F4NO3S/c1-2-18-7(16)6-5-19-4-3-15(6)9(17)10(13,14)8(11)12/h6,8H,2-5H2,1H3. The lowest BCUT2D eigenvalue weighted by molar-refractivity contribution is -0.185. The Morgan fingerprint density at radius 2 is 2.11 bits per heavy atom. The van der Waals surface area contributed by atoms with Crippen molar-refractivity contribution in [3.05, 3.63) is 0 Å². The molecule has 1 amide bonds. The SMILES string of the molecule is CCOC(=O)C1CSCCN1C(=O)C(F)(F)C(F)F. The van der Waals surface area contributed by atoms with Crippen LogP contribution in [0.3, 0.4) is 0 Å². The molecule has 0 bridgehead atoms. The third-order valence-electron chi connectivity index (χ3n) is 2.51.